The number of aryl methyl sites for hydroxylation is 1. The second kappa shape index (κ2) is 6.82. The number of rotatable bonds is 1. The minimum Gasteiger partial charge on any atom is -0.508 e. The predicted octanol–water partition coefficient (Wildman–Crippen LogP) is 5.31. The molecule has 1 heteroatoms. The van der Waals surface area contributed by atoms with E-state index in [2.05, 4.69) is 13.0 Å². The fraction of sp³-hybridized carbons (Fsp3) is 0.647. The maximum atomic E-state index is 10.1. The Morgan fingerprint density at radius 3 is 2.06 bits per heavy atom. The second-order valence-corrected chi connectivity index (χ2v) is 5.81. The van der Waals surface area contributed by atoms with Crippen LogP contribution in [-0.4, -0.2) is 5.11 Å². The topological polar surface area (TPSA) is 20.2 Å². The molecule has 0 radical (unpaired) electrons. The van der Waals surface area contributed by atoms with Crippen LogP contribution in [0.5, 0.6) is 5.75 Å². The standard InChI is InChI=1S/C17H26O/c1-14-11-12-17(18)16(13-14)15-9-7-5-3-2-4-6-8-10-15/h11-13,15,18H,2-10H2,1H3. The first kappa shape index (κ1) is 13.5. The molecule has 1 aliphatic carbocycles. The monoisotopic (exact) mass is 246 g/mol. The van der Waals surface area contributed by atoms with Crippen LogP contribution in [0.1, 0.15) is 74.8 Å². The van der Waals surface area contributed by atoms with E-state index in [0.717, 1.165) is 0 Å². The van der Waals surface area contributed by atoms with Crippen LogP contribution in [0.15, 0.2) is 18.2 Å². The number of benzene rings is 1. The Morgan fingerprint density at radius 2 is 1.44 bits per heavy atom. The molecule has 0 amide bonds. The number of hydrogen-bond donors (Lipinski definition) is 1. The van der Waals surface area contributed by atoms with Crippen molar-refractivity contribution >= 4 is 0 Å². The van der Waals surface area contributed by atoms with Gasteiger partial charge in [-0.15, -0.1) is 0 Å². The largest absolute Gasteiger partial charge is 0.508 e. The molecule has 0 aromatic heterocycles. The molecule has 1 aromatic rings. The molecule has 1 N–H and O–H groups in total. The van der Waals surface area contributed by atoms with Crippen molar-refractivity contribution in [3.8, 4) is 5.75 Å². The maximum absolute atomic E-state index is 10.1. The lowest BCUT2D eigenvalue weighted by molar-refractivity contribution is 0.429. The van der Waals surface area contributed by atoms with Crippen molar-refractivity contribution in [2.45, 2.75) is 70.6 Å². The van der Waals surface area contributed by atoms with Gasteiger partial charge in [0.2, 0.25) is 0 Å². The van der Waals surface area contributed by atoms with Crippen LogP contribution in [0.2, 0.25) is 0 Å². The lowest BCUT2D eigenvalue weighted by Gasteiger charge is -2.20. The Balaban J connectivity index is 2.09. The first-order valence-corrected chi connectivity index (χ1v) is 7.57. The van der Waals surface area contributed by atoms with E-state index in [0.29, 0.717) is 11.7 Å². The third-order valence-corrected chi connectivity index (χ3v) is 4.23. The zero-order valence-electron chi connectivity index (χ0n) is 11.6. The number of phenols is 1. The van der Waals surface area contributed by atoms with Crippen LogP contribution < -0.4 is 0 Å². The zero-order chi connectivity index (χ0) is 12.8. The van der Waals surface area contributed by atoms with Gasteiger partial charge in [0.1, 0.15) is 5.75 Å². The predicted molar refractivity (Wildman–Crippen MR) is 77.1 cm³/mol. The van der Waals surface area contributed by atoms with Crippen molar-refractivity contribution < 1.29 is 5.11 Å². The fourth-order valence-corrected chi connectivity index (χ4v) is 3.12. The van der Waals surface area contributed by atoms with E-state index in [1.54, 1.807) is 0 Å². The van der Waals surface area contributed by atoms with Crippen LogP contribution in [0.3, 0.4) is 0 Å². The van der Waals surface area contributed by atoms with Crippen molar-refractivity contribution in [2.24, 2.45) is 0 Å². The van der Waals surface area contributed by atoms with Gasteiger partial charge in [0, 0.05) is 0 Å². The second-order valence-electron chi connectivity index (χ2n) is 5.81. The zero-order valence-corrected chi connectivity index (χ0v) is 11.6. The summed E-state index contributed by atoms with van der Waals surface area (Å²) in [6.45, 7) is 2.11. The molecule has 0 atom stereocenters. The summed E-state index contributed by atoms with van der Waals surface area (Å²) < 4.78 is 0. The van der Waals surface area contributed by atoms with E-state index in [1.807, 2.05) is 12.1 Å². The van der Waals surface area contributed by atoms with E-state index in [1.165, 1.54) is 68.9 Å². The maximum Gasteiger partial charge on any atom is 0.119 e. The molecule has 1 nitrogen and oxygen atoms in total. The smallest absolute Gasteiger partial charge is 0.119 e. The average Bonchev–Trinajstić information content (AvgIpc) is 2.39. The quantitative estimate of drug-likeness (QED) is 0.712. The van der Waals surface area contributed by atoms with Crippen LogP contribution >= 0.6 is 0 Å². The van der Waals surface area contributed by atoms with Crippen molar-refractivity contribution in [1.82, 2.24) is 0 Å². The summed E-state index contributed by atoms with van der Waals surface area (Å²) in [5, 5.41) is 10.1. The Morgan fingerprint density at radius 1 is 0.889 bits per heavy atom. The van der Waals surface area contributed by atoms with Gasteiger partial charge in [0.25, 0.3) is 0 Å². The van der Waals surface area contributed by atoms with E-state index in [4.69, 9.17) is 0 Å². The average molecular weight is 246 g/mol. The van der Waals surface area contributed by atoms with Crippen LogP contribution in [0, 0.1) is 6.92 Å². The highest BCUT2D eigenvalue weighted by atomic mass is 16.3. The molecule has 100 valence electrons. The molecule has 0 aliphatic heterocycles. The molecule has 1 aromatic carbocycles. The lowest BCUT2D eigenvalue weighted by atomic mass is 9.86. The lowest BCUT2D eigenvalue weighted by Crippen LogP contribution is -2.02. The van der Waals surface area contributed by atoms with Crippen LogP contribution in [0.4, 0.5) is 0 Å². The molecule has 0 heterocycles. The van der Waals surface area contributed by atoms with Gasteiger partial charge in [-0.3, -0.25) is 0 Å². The minimum atomic E-state index is 0.502. The van der Waals surface area contributed by atoms with E-state index in [-0.39, 0.29) is 0 Å². The van der Waals surface area contributed by atoms with Gasteiger partial charge < -0.3 is 5.11 Å². The minimum absolute atomic E-state index is 0.502. The van der Waals surface area contributed by atoms with Crippen LogP contribution in [0.25, 0.3) is 0 Å². The normalized spacial score (nSPS) is 19.6. The third-order valence-electron chi connectivity index (χ3n) is 4.23. The molecule has 0 saturated heterocycles. The van der Waals surface area contributed by atoms with Crippen LogP contribution in [-0.2, 0) is 0 Å². The summed E-state index contributed by atoms with van der Waals surface area (Å²) >= 11 is 0. The van der Waals surface area contributed by atoms with E-state index < -0.39 is 0 Å². The summed E-state index contributed by atoms with van der Waals surface area (Å²) in [6, 6.07) is 6.05. The summed E-state index contributed by atoms with van der Waals surface area (Å²) in [5.74, 6) is 1.07. The number of phenolic OH excluding ortho intramolecular Hbond substituents is 1. The summed E-state index contributed by atoms with van der Waals surface area (Å²) in [7, 11) is 0. The fourth-order valence-electron chi connectivity index (χ4n) is 3.12. The number of hydrogen-bond acceptors (Lipinski definition) is 1. The molecular formula is C17H26O. The van der Waals surface area contributed by atoms with Gasteiger partial charge in [-0.05, 0) is 37.3 Å². The first-order chi connectivity index (χ1) is 8.77. The summed E-state index contributed by atoms with van der Waals surface area (Å²) in [4.78, 5) is 0. The van der Waals surface area contributed by atoms with Crippen molar-refractivity contribution in [1.29, 1.82) is 0 Å². The molecule has 2 rings (SSSR count). The van der Waals surface area contributed by atoms with Gasteiger partial charge in [-0.1, -0.05) is 62.6 Å². The molecule has 1 fully saturated rings. The summed E-state index contributed by atoms with van der Waals surface area (Å²) in [5.41, 5.74) is 2.45. The Labute approximate surface area is 111 Å². The highest BCUT2D eigenvalue weighted by molar-refractivity contribution is 5.38. The SMILES string of the molecule is Cc1ccc(O)c(C2CCCCCCCCC2)c1. The van der Waals surface area contributed by atoms with Gasteiger partial charge in [-0.25, -0.2) is 0 Å². The molecule has 18 heavy (non-hydrogen) atoms. The first-order valence-electron chi connectivity index (χ1n) is 7.57. The van der Waals surface area contributed by atoms with Gasteiger partial charge >= 0.3 is 0 Å². The van der Waals surface area contributed by atoms with Gasteiger partial charge in [0.05, 0.1) is 0 Å². The van der Waals surface area contributed by atoms with Gasteiger partial charge in [-0.2, -0.15) is 0 Å². The van der Waals surface area contributed by atoms with E-state index >= 15 is 0 Å². The molecule has 1 saturated carbocycles. The number of aromatic hydroxyl groups is 1. The summed E-state index contributed by atoms with van der Waals surface area (Å²) in [6.07, 6.45) is 12.1. The molecule has 0 bridgehead atoms. The van der Waals surface area contributed by atoms with Crippen molar-refractivity contribution in [3.63, 3.8) is 0 Å². The Kier molecular flexibility index (Phi) is 5.10. The molecule has 0 spiro atoms. The van der Waals surface area contributed by atoms with Crippen molar-refractivity contribution in [2.75, 3.05) is 0 Å². The molecular weight excluding hydrogens is 220 g/mol. The molecule has 0 unspecified atom stereocenters. The Bertz CT molecular complexity index is 360. The highest BCUT2D eigenvalue weighted by Crippen LogP contribution is 2.35. The Hall–Kier alpha value is -0.980. The van der Waals surface area contributed by atoms with Crippen molar-refractivity contribution in [3.05, 3.63) is 29.3 Å². The van der Waals surface area contributed by atoms with E-state index in [9.17, 15) is 5.11 Å². The third kappa shape index (κ3) is 3.76. The van der Waals surface area contributed by atoms with Gasteiger partial charge in [0.15, 0.2) is 0 Å². The molecule has 1 aliphatic rings. The highest BCUT2D eigenvalue weighted by Gasteiger charge is 2.16.